The van der Waals surface area contributed by atoms with Crippen LogP contribution in [0.1, 0.15) is 5.69 Å². The molecule has 0 saturated carbocycles. The highest BCUT2D eigenvalue weighted by atomic mass is 32.2. The summed E-state index contributed by atoms with van der Waals surface area (Å²) in [5, 5.41) is 5.73. The first-order chi connectivity index (χ1) is 11.7. The van der Waals surface area contributed by atoms with E-state index in [1.165, 1.54) is 29.5 Å². The van der Waals surface area contributed by atoms with E-state index in [0.717, 1.165) is 12.0 Å². The molecule has 0 saturated heterocycles. The number of aromatic nitrogens is 1. The molecule has 0 aliphatic carbocycles. The number of hydrogen-bond donors (Lipinski definition) is 2. The maximum Gasteiger partial charge on any atom is 0.321 e. The van der Waals surface area contributed by atoms with Crippen molar-refractivity contribution in [1.29, 1.82) is 0 Å². The van der Waals surface area contributed by atoms with Crippen LogP contribution in [0.25, 0.3) is 10.4 Å². The predicted molar refractivity (Wildman–Crippen MR) is 101 cm³/mol. The van der Waals surface area contributed by atoms with Gasteiger partial charge in [-0.25, -0.2) is 22.6 Å². The van der Waals surface area contributed by atoms with Crippen LogP contribution in [0.3, 0.4) is 0 Å². The standard InChI is InChI=1S/C15H18FN3O3S3/c1-9-13(10-4-5-12(11(16)8-10)25(3,21)22)24-15(18-9)19-14(20)17-6-7-23-2/h4-5,8H,6-7H2,1-3H3,(H2,17,18,19,20). The van der Waals surface area contributed by atoms with Gasteiger partial charge in [-0.2, -0.15) is 11.8 Å². The predicted octanol–water partition coefficient (Wildman–Crippen LogP) is 3.15. The Labute approximate surface area is 154 Å². The number of benzene rings is 1. The molecule has 0 unspecified atom stereocenters. The summed E-state index contributed by atoms with van der Waals surface area (Å²) in [5.74, 6) is -0.00115. The summed E-state index contributed by atoms with van der Waals surface area (Å²) in [6.45, 7) is 2.29. The molecule has 1 aromatic carbocycles. The van der Waals surface area contributed by atoms with Gasteiger partial charge in [0.05, 0.1) is 10.6 Å². The molecule has 2 rings (SSSR count). The van der Waals surface area contributed by atoms with Gasteiger partial charge in [-0.15, -0.1) is 0 Å². The molecule has 0 radical (unpaired) electrons. The summed E-state index contributed by atoms with van der Waals surface area (Å²) in [6, 6.07) is 3.58. The van der Waals surface area contributed by atoms with E-state index in [9.17, 15) is 17.6 Å². The number of nitrogens with one attached hydrogen (secondary N) is 2. The number of thioether (sulfide) groups is 1. The molecule has 25 heavy (non-hydrogen) atoms. The summed E-state index contributed by atoms with van der Waals surface area (Å²) in [6.07, 6.45) is 2.91. The quantitative estimate of drug-likeness (QED) is 0.724. The van der Waals surface area contributed by atoms with E-state index in [2.05, 4.69) is 15.6 Å². The van der Waals surface area contributed by atoms with Crippen LogP contribution in [-0.2, 0) is 9.84 Å². The summed E-state index contributed by atoms with van der Waals surface area (Å²) in [7, 11) is -3.62. The fourth-order valence-corrected chi connectivity index (χ4v) is 4.06. The van der Waals surface area contributed by atoms with Crippen LogP contribution < -0.4 is 10.6 Å². The van der Waals surface area contributed by atoms with Gasteiger partial charge in [-0.05, 0) is 30.9 Å². The number of carbonyl (C=O) groups excluding carboxylic acids is 1. The van der Waals surface area contributed by atoms with Gasteiger partial charge in [-0.1, -0.05) is 17.4 Å². The lowest BCUT2D eigenvalue weighted by molar-refractivity contribution is 0.252. The lowest BCUT2D eigenvalue weighted by atomic mass is 10.1. The second-order valence-electron chi connectivity index (χ2n) is 5.22. The summed E-state index contributed by atoms with van der Waals surface area (Å²) < 4.78 is 37.1. The molecule has 2 amide bonds. The number of urea groups is 1. The molecule has 1 aromatic heterocycles. The Morgan fingerprint density at radius 1 is 1.40 bits per heavy atom. The van der Waals surface area contributed by atoms with Crippen molar-refractivity contribution in [2.45, 2.75) is 11.8 Å². The third-order valence-electron chi connectivity index (χ3n) is 3.20. The third-order valence-corrected chi connectivity index (χ3v) is 6.07. The monoisotopic (exact) mass is 403 g/mol. The van der Waals surface area contributed by atoms with Crippen LogP contribution in [0.15, 0.2) is 23.1 Å². The number of hydrogen-bond acceptors (Lipinski definition) is 6. The molecule has 0 aliphatic heterocycles. The van der Waals surface area contributed by atoms with Gasteiger partial charge in [0.2, 0.25) is 0 Å². The van der Waals surface area contributed by atoms with Crippen LogP contribution in [-0.4, -0.2) is 44.2 Å². The largest absolute Gasteiger partial charge is 0.337 e. The van der Waals surface area contributed by atoms with E-state index >= 15 is 0 Å². The first kappa shape index (κ1) is 19.7. The van der Waals surface area contributed by atoms with Gasteiger partial charge in [0.25, 0.3) is 0 Å². The molecular formula is C15H18FN3O3S3. The van der Waals surface area contributed by atoms with Crippen molar-refractivity contribution in [1.82, 2.24) is 10.3 Å². The van der Waals surface area contributed by atoms with E-state index in [1.54, 1.807) is 18.7 Å². The number of anilines is 1. The van der Waals surface area contributed by atoms with Gasteiger partial charge in [0.15, 0.2) is 15.0 Å². The highest BCUT2D eigenvalue weighted by molar-refractivity contribution is 7.98. The number of sulfone groups is 1. The summed E-state index contributed by atoms with van der Waals surface area (Å²) >= 11 is 2.82. The van der Waals surface area contributed by atoms with Crippen molar-refractivity contribution in [3.63, 3.8) is 0 Å². The Morgan fingerprint density at radius 2 is 2.12 bits per heavy atom. The zero-order valence-corrected chi connectivity index (χ0v) is 16.4. The zero-order valence-electron chi connectivity index (χ0n) is 13.9. The summed E-state index contributed by atoms with van der Waals surface area (Å²) in [4.78, 5) is 16.3. The average Bonchev–Trinajstić information content (AvgIpc) is 2.86. The highest BCUT2D eigenvalue weighted by Gasteiger charge is 2.17. The average molecular weight is 404 g/mol. The molecule has 0 atom stereocenters. The van der Waals surface area contributed by atoms with Crippen LogP contribution in [0.5, 0.6) is 0 Å². The van der Waals surface area contributed by atoms with E-state index in [0.29, 0.717) is 27.8 Å². The maximum absolute atomic E-state index is 14.1. The van der Waals surface area contributed by atoms with Crippen molar-refractivity contribution in [2.75, 3.05) is 30.1 Å². The maximum atomic E-state index is 14.1. The van der Waals surface area contributed by atoms with Gasteiger partial charge in [-0.3, -0.25) is 5.32 Å². The van der Waals surface area contributed by atoms with Crippen molar-refractivity contribution in [3.8, 4) is 10.4 Å². The Hall–Kier alpha value is -1.65. The smallest absolute Gasteiger partial charge is 0.321 e. The van der Waals surface area contributed by atoms with E-state index in [1.807, 2.05) is 6.26 Å². The van der Waals surface area contributed by atoms with Crippen LogP contribution in [0.2, 0.25) is 0 Å². The third kappa shape index (κ3) is 5.16. The molecule has 0 bridgehead atoms. The number of thiazole rings is 1. The second kappa shape index (κ2) is 8.15. The van der Waals surface area contributed by atoms with Gasteiger partial charge in [0.1, 0.15) is 10.7 Å². The fraction of sp³-hybridized carbons (Fsp3) is 0.333. The lowest BCUT2D eigenvalue weighted by Crippen LogP contribution is -2.30. The van der Waals surface area contributed by atoms with Crippen molar-refractivity contribution in [2.24, 2.45) is 0 Å². The Bertz CT molecular complexity index is 881. The number of carbonyl (C=O) groups is 1. The van der Waals surface area contributed by atoms with Gasteiger partial charge < -0.3 is 5.32 Å². The number of aryl methyl sites for hydroxylation is 1. The Kier molecular flexibility index (Phi) is 6.42. The number of halogens is 1. The van der Waals surface area contributed by atoms with E-state index in [4.69, 9.17) is 0 Å². The minimum atomic E-state index is -3.62. The van der Waals surface area contributed by atoms with E-state index < -0.39 is 15.7 Å². The van der Waals surface area contributed by atoms with Crippen molar-refractivity contribution in [3.05, 3.63) is 29.7 Å². The molecule has 2 N–H and O–H groups in total. The van der Waals surface area contributed by atoms with Gasteiger partial charge in [0, 0.05) is 18.6 Å². The van der Waals surface area contributed by atoms with E-state index in [-0.39, 0.29) is 10.9 Å². The molecule has 0 spiro atoms. The molecule has 136 valence electrons. The molecule has 0 fully saturated rings. The van der Waals surface area contributed by atoms with Crippen molar-refractivity contribution >= 4 is 44.1 Å². The first-order valence-corrected chi connectivity index (χ1v) is 11.3. The number of amides is 2. The minimum absolute atomic E-state index is 0.343. The topological polar surface area (TPSA) is 88.2 Å². The number of rotatable bonds is 6. The zero-order chi connectivity index (χ0) is 18.6. The molecule has 1 heterocycles. The SMILES string of the molecule is CSCCNC(=O)Nc1nc(C)c(-c2ccc(S(C)(=O)=O)c(F)c2)s1. The molecular weight excluding hydrogens is 385 g/mol. The lowest BCUT2D eigenvalue weighted by Gasteiger charge is -2.04. The van der Waals surface area contributed by atoms with Crippen LogP contribution >= 0.6 is 23.1 Å². The first-order valence-electron chi connectivity index (χ1n) is 7.23. The molecule has 10 heteroatoms. The number of nitrogens with zero attached hydrogens (tertiary/aromatic N) is 1. The molecule has 6 nitrogen and oxygen atoms in total. The minimum Gasteiger partial charge on any atom is -0.337 e. The van der Waals surface area contributed by atoms with Crippen molar-refractivity contribution < 1.29 is 17.6 Å². The Balaban J connectivity index is 2.20. The summed E-state index contributed by atoms with van der Waals surface area (Å²) in [5.41, 5.74) is 1.13. The second-order valence-corrected chi connectivity index (χ2v) is 9.19. The van der Waals surface area contributed by atoms with Gasteiger partial charge >= 0.3 is 6.03 Å². The Morgan fingerprint density at radius 3 is 2.72 bits per heavy atom. The van der Waals surface area contributed by atoms with Crippen LogP contribution in [0.4, 0.5) is 14.3 Å². The highest BCUT2D eigenvalue weighted by Crippen LogP contribution is 2.34. The fourth-order valence-electron chi connectivity index (χ4n) is 2.07. The molecule has 0 aliphatic rings. The normalized spacial score (nSPS) is 11.4. The molecule has 2 aromatic rings. The van der Waals surface area contributed by atoms with Crippen LogP contribution in [0, 0.1) is 12.7 Å².